The zero-order chi connectivity index (χ0) is 12.6. The molecule has 1 aliphatic carbocycles. The summed E-state index contributed by atoms with van der Waals surface area (Å²) in [5.74, 6) is 0.906. The Morgan fingerprint density at radius 3 is 2.67 bits per heavy atom. The molecule has 1 N–H and O–H groups in total. The van der Waals surface area contributed by atoms with Crippen LogP contribution in [-0.4, -0.2) is 29.6 Å². The van der Waals surface area contributed by atoms with Crippen molar-refractivity contribution >= 4 is 0 Å². The van der Waals surface area contributed by atoms with Gasteiger partial charge in [0.25, 0.3) is 0 Å². The van der Waals surface area contributed by atoms with E-state index in [2.05, 4.69) is 54.4 Å². The van der Waals surface area contributed by atoms with Gasteiger partial charge in [-0.15, -0.1) is 0 Å². The van der Waals surface area contributed by atoms with Crippen molar-refractivity contribution in [2.75, 3.05) is 13.1 Å². The van der Waals surface area contributed by atoms with Crippen molar-refractivity contribution in [3.8, 4) is 0 Å². The molecular formula is C16H24N2. The Labute approximate surface area is 110 Å². The van der Waals surface area contributed by atoms with Crippen LogP contribution in [0.2, 0.25) is 0 Å². The maximum atomic E-state index is 3.78. The first-order valence-corrected chi connectivity index (χ1v) is 7.20. The van der Waals surface area contributed by atoms with Gasteiger partial charge in [-0.2, -0.15) is 0 Å². The van der Waals surface area contributed by atoms with Crippen LogP contribution in [0.4, 0.5) is 0 Å². The van der Waals surface area contributed by atoms with E-state index in [-0.39, 0.29) is 0 Å². The summed E-state index contributed by atoms with van der Waals surface area (Å²) < 4.78 is 0. The van der Waals surface area contributed by atoms with Gasteiger partial charge in [-0.05, 0) is 38.2 Å². The molecule has 1 aliphatic heterocycles. The van der Waals surface area contributed by atoms with Crippen LogP contribution in [-0.2, 0) is 6.54 Å². The van der Waals surface area contributed by atoms with Crippen molar-refractivity contribution in [3.63, 3.8) is 0 Å². The Hall–Kier alpha value is -0.860. The normalized spacial score (nSPS) is 33.6. The fourth-order valence-corrected chi connectivity index (χ4v) is 3.17. The van der Waals surface area contributed by atoms with Crippen molar-refractivity contribution in [2.45, 2.75) is 44.8 Å². The number of hydrogen-bond acceptors (Lipinski definition) is 2. The molecule has 0 radical (unpaired) electrons. The zero-order valence-electron chi connectivity index (χ0n) is 11.5. The summed E-state index contributed by atoms with van der Waals surface area (Å²) >= 11 is 0. The van der Waals surface area contributed by atoms with Crippen LogP contribution in [0, 0.1) is 5.92 Å². The number of benzene rings is 1. The molecule has 0 spiro atoms. The second-order valence-electron chi connectivity index (χ2n) is 6.31. The van der Waals surface area contributed by atoms with Crippen LogP contribution in [0.25, 0.3) is 0 Å². The highest BCUT2D eigenvalue weighted by Crippen LogP contribution is 2.41. The smallest absolute Gasteiger partial charge is 0.0309 e. The van der Waals surface area contributed by atoms with Gasteiger partial charge in [0, 0.05) is 31.2 Å². The topological polar surface area (TPSA) is 15.3 Å². The van der Waals surface area contributed by atoms with Crippen molar-refractivity contribution in [3.05, 3.63) is 35.9 Å². The second-order valence-corrected chi connectivity index (χ2v) is 6.31. The van der Waals surface area contributed by atoms with Gasteiger partial charge < -0.3 is 5.32 Å². The van der Waals surface area contributed by atoms with Crippen molar-refractivity contribution in [1.82, 2.24) is 10.2 Å². The van der Waals surface area contributed by atoms with Gasteiger partial charge in [0.2, 0.25) is 0 Å². The van der Waals surface area contributed by atoms with Gasteiger partial charge in [-0.1, -0.05) is 30.3 Å². The van der Waals surface area contributed by atoms with E-state index in [9.17, 15) is 0 Å². The zero-order valence-corrected chi connectivity index (χ0v) is 11.5. The molecule has 2 fully saturated rings. The average molecular weight is 244 g/mol. The van der Waals surface area contributed by atoms with Crippen molar-refractivity contribution < 1.29 is 0 Å². The molecule has 3 rings (SSSR count). The van der Waals surface area contributed by atoms with Gasteiger partial charge in [0.05, 0.1) is 0 Å². The molecule has 2 atom stereocenters. The summed E-state index contributed by atoms with van der Waals surface area (Å²) in [5, 5.41) is 3.78. The number of piperazine rings is 1. The molecule has 1 saturated heterocycles. The van der Waals surface area contributed by atoms with E-state index in [0.29, 0.717) is 11.6 Å². The molecule has 2 aliphatic rings. The Morgan fingerprint density at radius 2 is 2.00 bits per heavy atom. The van der Waals surface area contributed by atoms with E-state index in [1.807, 2.05) is 0 Å². The molecule has 1 aromatic carbocycles. The molecule has 0 amide bonds. The Balaban J connectivity index is 1.70. The summed E-state index contributed by atoms with van der Waals surface area (Å²) in [7, 11) is 0. The molecule has 98 valence electrons. The summed E-state index contributed by atoms with van der Waals surface area (Å²) in [4.78, 5) is 2.64. The van der Waals surface area contributed by atoms with E-state index in [0.717, 1.165) is 19.0 Å². The predicted octanol–water partition coefficient (Wildman–Crippen LogP) is 2.65. The summed E-state index contributed by atoms with van der Waals surface area (Å²) in [6, 6.07) is 11.5. The summed E-state index contributed by atoms with van der Waals surface area (Å²) in [6.45, 7) is 8.15. The lowest BCUT2D eigenvalue weighted by atomic mass is 9.91. The van der Waals surface area contributed by atoms with Gasteiger partial charge >= 0.3 is 0 Å². The van der Waals surface area contributed by atoms with E-state index >= 15 is 0 Å². The number of hydrogen-bond donors (Lipinski definition) is 1. The first-order valence-electron chi connectivity index (χ1n) is 7.20. The molecule has 0 bridgehead atoms. The maximum absolute atomic E-state index is 3.78. The third-order valence-corrected chi connectivity index (χ3v) is 4.66. The lowest BCUT2D eigenvalue weighted by molar-refractivity contribution is 0.0770. The molecule has 2 heteroatoms. The highest BCUT2D eigenvalue weighted by molar-refractivity contribution is 5.15. The lowest BCUT2D eigenvalue weighted by Crippen LogP contribution is -2.62. The van der Waals surface area contributed by atoms with Gasteiger partial charge in [-0.25, -0.2) is 0 Å². The third kappa shape index (κ3) is 2.45. The molecule has 1 aromatic rings. The molecule has 1 saturated carbocycles. The fourth-order valence-electron chi connectivity index (χ4n) is 3.17. The predicted molar refractivity (Wildman–Crippen MR) is 75.4 cm³/mol. The van der Waals surface area contributed by atoms with Crippen LogP contribution in [0.5, 0.6) is 0 Å². The summed E-state index contributed by atoms with van der Waals surface area (Å²) in [5.41, 5.74) is 1.78. The third-order valence-electron chi connectivity index (χ3n) is 4.66. The number of nitrogens with zero attached hydrogens (tertiary/aromatic N) is 1. The van der Waals surface area contributed by atoms with E-state index < -0.39 is 0 Å². The minimum absolute atomic E-state index is 0.349. The van der Waals surface area contributed by atoms with Crippen LogP contribution >= 0.6 is 0 Å². The lowest BCUT2D eigenvalue weighted by Gasteiger charge is -2.45. The second kappa shape index (κ2) is 4.67. The SMILES string of the molecule is CC1CNC(C)(C2CC2)CN1Cc1ccccc1. The minimum atomic E-state index is 0.349. The Morgan fingerprint density at radius 1 is 1.28 bits per heavy atom. The summed E-state index contributed by atoms with van der Waals surface area (Å²) in [6.07, 6.45) is 2.83. The fraction of sp³-hybridized carbons (Fsp3) is 0.625. The first kappa shape index (κ1) is 12.2. The Bertz CT molecular complexity index is 399. The minimum Gasteiger partial charge on any atom is -0.308 e. The first-order chi connectivity index (χ1) is 8.67. The van der Waals surface area contributed by atoms with Crippen LogP contribution in [0.1, 0.15) is 32.3 Å². The Kier molecular flexibility index (Phi) is 3.16. The van der Waals surface area contributed by atoms with Gasteiger partial charge in [-0.3, -0.25) is 4.90 Å². The monoisotopic (exact) mass is 244 g/mol. The highest BCUT2D eigenvalue weighted by Gasteiger charge is 2.45. The number of rotatable bonds is 3. The van der Waals surface area contributed by atoms with Gasteiger partial charge in [0.15, 0.2) is 0 Å². The molecule has 2 unspecified atom stereocenters. The van der Waals surface area contributed by atoms with Crippen molar-refractivity contribution in [1.29, 1.82) is 0 Å². The number of nitrogens with one attached hydrogen (secondary N) is 1. The molecule has 1 heterocycles. The average Bonchev–Trinajstić information content (AvgIpc) is 3.20. The standard InChI is InChI=1S/C16H24N2/c1-13-10-17-16(2,15-8-9-15)12-18(13)11-14-6-4-3-5-7-14/h3-7,13,15,17H,8-12H2,1-2H3. The van der Waals surface area contributed by atoms with E-state index in [1.165, 1.54) is 24.9 Å². The molecule has 0 aromatic heterocycles. The van der Waals surface area contributed by atoms with Crippen molar-refractivity contribution in [2.24, 2.45) is 5.92 Å². The molecule has 2 nitrogen and oxygen atoms in total. The van der Waals surface area contributed by atoms with Gasteiger partial charge in [0.1, 0.15) is 0 Å². The van der Waals surface area contributed by atoms with E-state index in [4.69, 9.17) is 0 Å². The van der Waals surface area contributed by atoms with E-state index in [1.54, 1.807) is 0 Å². The molecular weight excluding hydrogens is 220 g/mol. The van der Waals surface area contributed by atoms with Crippen LogP contribution in [0.3, 0.4) is 0 Å². The molecule has 18 heavy (non-hydrogen) atoms. The quantitative estimate of drug-likeness (QED) is 0.879. The largest absolute Gasteiger partial charge is 0.308 e. The van der Waals surface area contributed by atoms with Crippen LogP contribution < -0.4 is 5.32 Å². The maximum Gasteiger partial charge on any atom is 0.0309 e. The van der Waals surface area contributed by atoms with Crippen LogP contribution in [0.15, 0.2) is 30.3 Å². The highest BCUT2D eigenvalue weighted by atomic mass is 15.3.